The first-order valence-electron chi connectivity index (χ1n) is 6.85. The van der Waals surface area contributed by atoms with E-state index in [1.807, 2.05) is 0 Å². The summed E-state index contributed by atoms with van der Waals surface area (Å²) in [5.41, 5.74) is 0.0656. The minimum absolute atomic E-state index is 0.0656. The number of likely N-dealkylation sites (tertiary alicyclic amines) is 1. The zero-order valence-electron chi connectivity index (χ0n) is 11.7. The average Bonchev–Trinajstić information content (AvgIpc) is 2.70. The second kappa shape index (κ2) is 5.40. The summed E-state index contributed by atoms with van der Waals surface area (Å²) < 4.78 is 5.91. The predicted molar refractivity (Wildman–Crippen MR) is 75.7 cm³/mol. The highest BCUT2D eigenvalue weighted by Gasteiger charge is 2.37. The molecular formula is C14H24N2OS. The van der Waals surface area contributed by atoms with Crippen molar-refractivity contribution in [2.75, 3.05) is 25.9 Å². The van der Waals surface area contributed by atoms with Crippen molar-refractivity contribution in [3.63, 3.8) is 0 Å². The van der Waals surface area contributed by atoms with Crippen molar-refractivity contribution in [3.05, 3.63) is 0 Å². The van der Waals surface area contributed by atoms with Crippen LogP contribution in [-0.4, -0.2) is 47.2 Å². The van der Waals surface area contributed by atoms with E-state index >= 15 is 0 Å². The second-order valence-electron chi connectivity index (χ2n) is 6.15. The number of rotatable bonds is 3. The summed E-state index contributed by atoms with van der Waals surface area (Å²) >= 11 is 1.72. The third-order valence-corrected chi connectivity index (χ3v) is 5.56. The number of nitriles is 1. The van der Waals surface area contributed by atoms with Gasteiger partial charge in [0.25, 0.3) is 0 Å². The van der Waals surface area contributed by atoms with Gasteiger partial charge in [-0.3, -0.25) is 0 Å². The molecule has 2 heterocycles. The van der Waals surface area contributed by atoms with Crippen LogP contribution < -0.4 is 0 Å². The van der Waals surface area contributed by atoms with E-state index in [0.29, 0.717) is 6.10 Å². The Morgan fingerprint density at radius 3 is 2.44 bits per heavy atom. The molecule has 2 saturated heterocycles. The molecule has 2 fully saturated rings. The Morgan fingerprint density at radius 2 is 2.00 bits per heavy atom. The molecular weight excluding hydrogens is 244 g/mol. The summed E-state index contributed by atoms with van der Waals surface area (Å²) in [5.74, 6) is 0. The maximum absolute atomic E-state index is 9.27. The maximum atomic E-state index is 9.27. The van der Waals surface area contributed by atoms with E-state index in [1.54, 1.807) is 11.8 Å². The molecule has 0 spiro atoms. The van der Waals surface area contributed by atoms with Gasteiger partial charge in [0.15, 0.2) is 0 Å². The first-order chi connectivity index (χ1) is 8.49. The molecule has 3 nitrogen and oxygen atoms in total. The first kappa shape index (κ1) is 14.2. The lowest BCUT2D eigenvalue weighted by Crippen LogP contribution is -2.44. The fraction of sp³-hybridized carbons (Fsp3) is 0.929. The normalized spacial score (nSPS) is 31.1. The zero-order chi connectivity index (χ0) is 13.2. The van der Waals surface area contributed by atoms with E-state index in [0.717, 1.165) is 32.5 Å². The van der Waals surface area contributed by atoms with Crippen LogP contribution in [0.25, 0.3) is 0 Å². The second-order valence-corrected chi connectivity index (χ2v) is 7.34. The topological polar surface area (TPSA) is 36.3 Å². The van der Waals surface area contributed by atoms with Crippen LogP contribution in [0.1, 0.15) is 39.5 Å². The Hall–Kier alpha value is -0.240. The van der Waals surface area contributed by atoms with E-state index in [2.05, 4.69) is 31.1 Å². The van der Waals surface area contributed by atoms with Gasteiger partial charge in [0.1, 0.15) is 4.75 Å². The fourth-order valence-electron chi connectivity index (χ4n) is 2.95. The van der Waals surface area contributed by atoms with Crippen LogP contribution in [0.2, 0.25) is 0 Å². The quantitative estimate of drug-likeness (QED) is 0.788. The van der Waals surface area contributed by atoms with Crippen LogP contribution in [0.5, 0.6) is 0 Å². The molecule has 0 saturated carbocycles. The van der Waals surface area contributed by atoms with Gasteiger partial charge in [-0.1, -0.05) is 0 Å². The third-order valence-electron chi connectivity index (χ3n) is 4.27. The largest absolute Gasteiger partial charge is 0.371 e. The van der Waals surface area contributed by atoms with Crippen molar-refractivity contribution in [2.24, 2.45) is 0 Å². The van der Waals surface area contributed by atoms with Crippen molar-refractivity contribution in [1.82, 2.24) is 4.90 Å². The summed E-state index contributed by atoms with van der Waals surface area (Å²) in [4.78, 5) is 2.47. The van der Waals surface area contributed by atoms with Crippen LogP contribution in [-0.2, 0) is 4.74 Å². The fourth-order valence-corrected chi connectivity index (χ4v) is 3.63. The van der Waals surface area contributed by atoms with Gasteiger partial charge in [-0.25, -0.2) is 0 Å². The van der Waals surface area contributed by atoms with Crippen molar-refractivity contribution in [3.8, 4) is 6.07 Å². The van der Waals surface area contributed by atoms with Crippen LogP contribution >= 0.6 is 11.8 Å². The number of hydrogen-bond acceptors (Lipinski definition) is 4. The third kappa shape index (κ3) is 3.20. The Morgan fingerprint density at radius 1 is 1.33 bits per heavy atom. The molecule has 2 rings (SSSR count). The van der Waals surface area contributed by atoms with E-state index in [1.165, 1.54) is 12.8 Å². The molecule has 0 aliphatic carbocycles. The summed E-state index contributed by atoms with van der Waals surface area (Å²) in [6.45, 7) is 7.47. The molecule has 0 radical (unpaired) electrons. The van der Waals surface area contributed by atoms with Crippen LogP contribution in [0.3, 0.4) is 0 Å². The molecule has 1 unspecified atom stereocenters. The molecule has 0 bridgehead atoms. The van der Waals surface area contributed by atoms with Gasteiger partial charge in [0.05, 0.1) is 17.8 Å². The average molecular weight is 268 g/mol. The summed E-state index contributed by atoms with van der Waals surface area (Å²) in [6.07, 6.45) is 6.76. The zero-order valence-corrected chi connectivity index (χ0v) is 12.6. The van der Waals surface area contributed by atoms with Gasteiger partial charge in [-0.15, -0.1) is 11.8 Å². The Balaban J connectivity index is 1.80. The Kier molecular flexibility index (Phi) is 4.25. The number of ether oxygens (including phenoxy) is 1. The minimum Gasteiger partial charge on any atom is -0.371 e. The van der Waals surface area contributed by atoms with E-state index in [9.17, 15) is 5.26 Å². The van der Waals surface area contributed by atoms with Gasteiger partial charge in [-0.05, 0) is 45.8 Å². The highest BCUT2D eigenvalue weighted by atomic mass is 32.2. The maximum Gasteiger partial charge on any atom is 0.104 e. The number of hydrogen-bond donors (Lipinski definition) is 0. The van der Waals surface area contributed by atoms with Crippen molar-refractivity contribution in [1.29, 1.82) is 5.26 Å². The molecule has 0 N–H and O–H groups in total. The SMILES string of the molecule is CSC1(C#N)CCN(CC2CCC(C)(C)O2)CC1. The standard InChI is InChI=1S/C14H24N2OS/c1-13(2)5-4-12(17-13)10-16-8-6-14(11-15,18-3)7-9-16/h12H,4-10H2,1-3H3. The van der Waals surface area contributed by atoms with E-state index < -0.39 is 0 Å². The molecule has 1 atom stereocenters. The smallest absolute Gasteiger partial charge is 0.104 e. The lowest BCUT2D eigenvalue weighted by molar-refractivity contribution is -0.0308. The summed E-state index contributed by atoms with van der Waals surface area (Å²) in [6, 6.07) is 2.50. The van der Waals surface area contributed by atoms with Crippen molar-refractivity contribution < 1.29 is 4.74 Å². The van der Waals surface area contributed by atoms with Crippen molar-refractivity contribution in [2.45, 2.75) is 56.0 Å². The molecule has 0 aromatic heterocycles. The number of nitrogens with zero attached hydrogens (tertiary/aromatic N) is 2. The number of thioether (sulfide) groups is 1. The molecule has 0 amide bonds. The summed E-state index contributed by atoms with van der Waals surface area (Å²) in [5, 5.41) is 9.27. The molecule has 4 heteroatoms. The molecule has 2 aliphatic heterocycles. The van der Waals surface area contributed by atoms with Gasteiger partial charge in [0, 0.05) is 19.6 Å². The Labute approximate surface area is 115 Å². The van der Waals surface area contributed by atoms with Crippen LogP contribution in [0, 0.1) is 11.3 Å². The van der Waals surface area contributed by atoms with Gasteiger partial charge in [0.2, 0.25) is 0 Å². The lowest BCUT2D eigenvalue weighted by Gasteiger charge is -2.37. The predicted octanol–water partition coefficient (Wildman–Crippen LogP) is 2.67. The van der Waals surface area contributed by atoms with Crippen LogP contribution in [0.15, 0.2) is 0 Å². The summed E-state index contributed by atoms with van der Waals surface area (Å²) in [7, 11) is 0. The number of piperidine rings is 1. The minimum atomic E-state index is -0.133. The highest BCUT2D eigenvalue weighted by molar-refractivity contribution is 8.00. The Bertz CT molecular complexity index is 329. The van der Waals surface area contributed by atoms with Gasteiger partial charge >= 0.3 is 0 Å². The van der Waals surface area contributed by atoms with Gasteiger partial charge in [-0.2, -0.15) is 5.26 Å². The van der Waals surface area contributed by atoms with Crippen molar-refractivity contribution >= 4 is 11.8 Å². The molecule has 0 aromatic rings. The molecule has 0 aromatic carbocycles. The van der Waals surface area contributed by atoms with E-state index in [4.69, 9.17) is 4.74 Å². The molecule has 2 aliphatic rings. The van der Waals surface area contributed by atoms with Gasteiger partial charge < -0.3 is 9.64 Å². The first-order valence-corrected chi connectivity index (χ1v) is 8.08. The lowest BCUT2D eigenvalue weighted by atomic mass is 9.97. The monoisotopic (exact) mass is 268 g/mol. The molecule has 18 heavy (non-hydrogen) atoms. The van der Waals surface area contributed by atoms with E-state index in [-0.39, 0.29) is 10.3 Å². The molecule has 102 valence electrons. The highest BCUT2D eigenvalue weighted by Crippen LogP contribution is 2.35. The van der Waals surface area contributed by atoms with Crippen LogP contribution in [0.4, 0.5) is 0 Å².